The number of nitrogens with zero attached hydrogens (tertiary/aromatic N) is 1. The maximum atomic E-state index is 12.4. The van der Waals surface area contributed by atoms with Gasteiger partial charge in [0.25, 0.3) is 0 Å². The van der Waals surface area contributed by atoms with Gasteiger partial charge in [-0.2, -0.15) is 0 Å². The molecule has 0 saturated heterocycles. The number of ether oxygens (including phenoxy) is 1. The van der Waals surface area contributed by atoms with E-state index in [9.17, 15) is 13.2 Å². The molecule has 3 unspecified atom stereocenters. The van der Waals surface area contributed by atoms with E-state index in [4.69, 9.17) is 0 Å². The third-order valence-electron chi connectivity index (χ3n) is 4.29. The standard InChI is InChI=1S/C16H13F3N2OS/c17-16(18,19)22-9-4-5-13-12(8-9)10-2-1-3-11(10)14(21-13)15-20-6-7-23-15/h1-2,4-8,10-11,14,21H,3H2. The third kappa shape index (κ3) is 2.69. The highest BCUT2D eigenvalue weighted by molar-refractivity contribution is 7.09. The van der Waals surface area contributed by atoms with E-state index < -0.39 is 6.36 Å². The molecule has 2 heterocycles. The molecule has 0 amide bonds. The van der Waals surface area contributed by atoms with Gasteiger partial charge in [-0.3, -0.25) is 0 Å². The monoisotopic (exact) mass is 338 g/mol. The van der Waals surface area contributed by atoms with Crippen molar-refractivity contribution in [3.8, 4) is 5.75 Å². The lowest BCUT2D eigenvalue weighted by atomic mass is 9.79. The molecule has 1 aliphatic heterocycles. The van der Waals surface area contributed by atoms with Gasteiger partial charge in [-0.25, -0.2) is 4.98 Å². The molecule has 3 atom stereocenters. The summed E-state index contributed by atoms with van der Waals surface area (Å²) in [6.45, 7) is 0. The number of rotatable bonds is 2. The molecule has 1 aliphatic carbocycles. The molecule has 0 bridgehead atoms. The van der Waals surface area contributed by atoms with Crippen LogP contribution in [-0.4, -0.2) is 11.3 Å². The number of alkyl halides is 3. The molecule has 0 saturated carbocycles. The van der Waals surface area contributed by atoms with Crippen LogP contribution in [0, 0.1) is 5.92 Å². The molecule has 1 aromatic heterocycles. The van der Waals surface area contributed by atoms with Gasteiger partial charge in [0.2, 0.25) is 0 Å². The number of allylic oxidation sites excluding steroid dienone is 2. The van der Waals surface area contributed by atoms with Crippen LogP contribution in [0.5, 0.6) is 5.75 Å². The van der Waals surface area contributed by atoms with E-state index in [1.807, 2.05) is 5.38 Å². The lowest BCUT2D eigenvalue weighted by Gasteiger charge is -2.36. The van der Waals surface area contributed by atoms with E-state index in [0.29, 0.717) is 0 Å². The van der Waals surface area contributed by atoms with Gasteiger partial charge in [-0.05, 0) is 36.1 Å². The van der Waals surface area contributed by atoms with E-state index in [1.54, 1.807) is 23.6 Å². The number of aromatic nitrogens is 1. The van der Waals surface area contributed by atoms with Crippen molar-refractivity contribution in [2.75, 3.05) is 5.32 Å². The van der Waals surface area contributed by atoms with Gasteiger partial charge in [0.05, 0.1) is 6.04 Å². The largest absolute Gasteiger partial charge is 0.573 e. The molecule has 1 N–H and O–H groups in total. The van der Waals surface area contributed by atoms with Crippen molar-refractivity contribution in [2.45, 2.75) is 24.7 Å². The van der Waals surface area contributed by atoms with Crippen molar-refractivity contribution in [2.24, 2.45) is 5.92 Å². The minimum atomic E-state index is -4.68. The van der Waals surface area contributed by atoms with Crippen molar-refractivity contribution in [1.29, 1.82) is 0 Å². The van der Waals surface area contributed by atoms with Crippen molar-refractivity contribution in [3.05, 3.63) is 52.5 Å². The maximum Gasteiger partial charge on any atom is 0.573 e. The quantitative estimate of drug-likeness (QED) is 0.794. The van der Waals surface area contributed by atoms with Crippen LogP contribution in [0.4, 0.5) is 18.9 Å². The van der Waals surface area contributed by atoms with Crippen LogP contribution in [0.1, 0.15) is 29.0 Å². The molecule has 0 radical (unpaired) electrons. The summed E-state index contributed by atoms with van der Waals surface area (Å²) in [7, 11) is 0. The molecular formula is C16H13F3N2OS. The molecule has 0 fully saturated rings. The van der Waals surface area contributed by atoms with Crippen LogP contribution in [0.2, 0.25) is 0 Å². The number of fused-ring (bicyclic) bond motifs is 3. The van der Waals surface area contributed by atoms with E-state index in [2.05, 4.69) is 27.2 Å². The van der Waals surface area contributed by atoms with E-state index in [1.165, 1.54) is 12.1 Å². The average Bonchev–Trinajstić information content (AvgIpc) is 3.16. The van der Waals surface area contributed by atoms with Gasteiger partial charge in [0.15, 0.2) is 0 Å². The highest BCUT2D eigenvalue weighted by atomic mass is 32.1. The molecular weight excluding hydrogens is 325 g/mol. The normalized spacial score (nSPS) is 25.6. The molecule has 1 aromatic carbocycles. The Hall–Kier alpha value is -2.02. The zero-order chi connectivity index (χ0) is 16.0. The van der Waals surface area contributed by atoms with Crippen LogP contribution in [0.25, 0.3) is 0 Å². The summed E-state index contributed by atoms with van der Waals surface area (Å²) in [6, 6.07) is 4.56. The zero-order valence-electron chi connectivity index (χ0n) is 11.9. The first-order valence-corrected chi connectivity index (χ1v) is 8.11. The van der Waals surface area contributed by atoms with Crippen LogP contribution >= 0.6 is 11.3 Å². The minimum absolute atomic E-state index is 0.0804. The summed E-state index contributed by atoms with van der Waals surface area (Å²) in [5, 5.41) is 6.37. The minimum Gasteiger partial charge on any atom is -0.406 e. The molecule has 2 aromatic rings. The van der Waals surface area contributed by atoms with Crippen LogP contribution in [0.3, 0.4) is 0 Å². The lowest BCUT2D eigenvalue weighted by molar-refractivity contribution is -0.274. The Morgan fingerprint density at radius 1 is 1.30 bits per heavy atom. The number of halogens is 3. The van der Waals surface area contributed by atoms with Crippen molar-refractivity contribution in [1.82, 2.24) is 4.98 Å². The van der Waals surface area contributed by atoms with Gasteiger partial charge in [-0.15, -0.1) is 24.5 Å². The zero-order valence-corrected chi connectivity index (χ0v) is 12.7. The predicted octanol–water partition coefficient (Wildman–Crippen LogP) is 4.87. The second kappa shape index (κ2) is 5.26. The highest BCUT2D eigenvalue weighted by Gasteiger charge is 2.39. The number of nitrogens with one attached hydrogen (secondary N) is 1. The van der Waals surface area contributed by atoms with Gasteiger partial charge in [0.1, 0.15) is 10.8 Å². The SMILES string of the molecule is FC(F)(F)Oc1ccc2c(c1)C1C=CCC1C(c1nccs1)N2. The van der Waals surface area contributed by atoms with Gasteiger partial charge in [0, 0.05) is 23.2 Å². The summed E-state index contributed by atoms with van der Waals surface area (Å²) >= 11 is 1.59. The van der Waals surface area contributed by atoms with Crippen molar-refractivity contribution < 1.29 is 17.9 Å². The van der Waals surface area contributed by atoms with Crippen LogP contribution < -0.4 is 10.1 Å². The van der Waals surface area contributed by atoms with Crippen molar-refractivity contribution in [3.63, 3.8) is 0 Å². The number of thiazole rings is 1. The van der Waals surface area contributed by atoms with Crippen LogP contribution in [0.15, 0.2) is 41.9 Å². The fraction of sp³-hybridized carbons (Fsp3) is 0.312. The summed E-state index contributed by atoms with van der Waals surface area (Å²) in [5.74, 6) is 0.163. The summed E-state index contributed by atoms with van der Waals surface area (Å²) in [4.78, 5) is 4.39. The first-order valence-electron chi connectivity index (χ1n) is 7.23. The second-order valence-electron chi connectivity index (χ2n) is 5.64. The van der Waals surface area contributed by atoms with Gasteiger partial charge in [-0.1, -0.05) is 12.2 Å². The Kier molecular flexibility index (Phi) is 3.33. The van der Waals surface area contributed by atoms with Crippen LogP contribution in [-0.2, 0) is 0 Å². The average molecular weight is 338 g/mol. The molecule has 7 heteroatoms. The number of hydrogen-bond acceptors (Lipinski definition) is 4. The van der Waals surface area contributed by atoms with E-state index >= 15 is 0 Å². The summed E-state index contributed by atoms with van der Waals surface area (Å²) in [5.41, 5.74) is 1.69. The first-order chi connectivity index (χ1) is 11.0. The third-order valence-corrected chi connectivity index (χ3v) is 5.14. The number of anilines is 1. The Bertz CT molecular complexity index is 742. The Balaban J connectivity index is 1.71. The smallest absolute Gasteiger partial charge is 0.406 e. The Morgan fingerprint density at radius 3 is 2.91 bits per heavy atom. The number of hydrogen-bond donors (Lipinski definition) is 1. The molecule has 23 heavy (non-hydrogen) atoms. The van der Waals surface area contributed by atoms with Gasteiger partial charge < -0.3 is 10.1 Å². The molecule has 2 aliphatic rings. The molecule has 120 valence electrons. The molecule has 4 rings (SSSR count). The fourth-order valence-electron chi connectivity index (χ4n) is 3.40. The first kappa shape index (κ1) is 14.6. The maximum absolute atomic E-state index is 12.4. The van der Waals surface area contributed by atoms with Gasteiger partial charge >= 0.3 is 6.36 Å². The second-order valence-corrected chi connectivity index (χ2v) is 6.57. The van der Waals surface area contributed by atoms with Crippen molar-refractivity contribution >= 4 is 17.0 Å². The van der Waals surface area contributed by atoms with E-state index in [0.717, 1.165) is 22.7 Å². The summed E-state index contributed by atoms with van der Waals surface area (Å²) < 4.78 is 41.3. The topological polar surface area (TPSA) is 34.1 Å². The fourth-order valence-corrected chi connectivity index (χ4v) is 4.17. The summed E-state index contributed by atoms with van der Waals surface area (Å²) in [6.07, 6.45) is 2.14. The van der Waals surface area contributed by atoms with E-state index in [-0.39, 0.29) is 23.6 Å². The Labute approximate surface area is 134 Å². The molecule has 0 spiro atoms. The number of benzene rings is 1. The molecule has 3 nitrogen and oxygen atoms in total. The predicted molar refractivity (Wildman–Crippen MR) is 81.6 cm³/mol. The Morgan fingerprint density at radius 2 is 2.17 bits per heavy atom. The highest BCUT2D eigenvalue weighted by Crippen LogP contribution is 2.50. The lowest BCUT2D eigenvalue weighted by Crippen LogP contribution is -2.29.